The maximum Gasteiger partial charge on any atom is 0.262 e. The van der Waals surface area contributed by atoms with Gasteiger partial charge in [-0.05, 0) is 37.5 Å². The summed E-state index contributed by atoms with van der Waals surface area (Å²) < 4.78 is 24.1. The molecular weight excluding hydrogens is 274 g/mol. The first-order valence-corrected chi connectivity index (χ1v) is 7.79. The first-order chi connectivity index (χ1) is 8.49. The third-order valence-corrected chi connectivity index (χ3v) is 4.64. The summed E-state index contributed by atoms with van der Waals surface area (Å²) in [6, 6.07) is 4.76. The van der Waals surface area contributed by atoms with Gasteiger partial charge in [-0.3, -0.25) is 4.84 Å². The lowest BCUT2D eigenvalue weighted by molar-refractivity contribution is 0.0223. The Morgan fingerprint density at radius 3 is 2.67 bits per heavy atom. The molecule has 0 unspecified atom stereocenters. The number of hydrogen-bond donors (Lipinski definition) is 1. The lowest BCUT2D eigenvalue weighted by Crippen LogP contribution is -2.29. The van der Waals surface area contributed by atoms with Gasteiger partial charge in [-0.2, -0.15) is 0 Å². The van der Waals surface area contributed by atoms with Crippen LogP contribution in [0.2, 0.25) is 5.02 Å². The maximum atomic E-state index is 12.1. The highest BCUT2D eigenvalue weighted by Crippen LogP contribution is 2.23. The molecule has 1 N–H and O–H groups in total. The zero-order chi connectivity index (χ0) is 13.2. The van der Waals surface area contributed by atoms with Gasteiger partial charge in [0.15, 0.2) is 0 Å². The van der Waals surface area contributed by atoms with Gasteiger partial charge in [0.1, 0.15) is 0 Å². The quantitative estimate of drug-likeness (QED) is 0.867. The van der Waals surface area contributed by atoms with Crippen molar-refractivity contribution in [3.63, 3.8) is 0 Å². The van der Waals surface area contributed by atoms with Gasteiger partial charge in [-0.1, -0.05) is 35.4 Å². The lowest BCUT2D eigenvalue weighted by atomic mass is 10.2. The van der Waals surface area contributed by atoms with E-state index in [1.165, 1.54) is 6.07 Å². The highest BCUT2D eigenvalue weighted by molar-refractivity contribution is 7.89. The van der Waals surface area contributed by atoms with Gasteiger partial charge < -0.3 is 0 Å². The maximum absolute atomic E-state index is 12.1. The molecule has 1 saturated carbocycles. The van der Waals surface area contributed by atoms with E-state index in [2.05, 4.69) is 4.89 Å². The van der Waals surface area contributed by atoms with E-state index >= 15 is 0 Å². The van der Waals surface area contributed by atoms with Crippen LogP contribution in [0.3, 0.4) is 0 Å². The molecule has 1 fully saturated rings. The molecule has 4 nitrogen and oxygen atoms in total. The normalized spacial score (nSPS) is 17.2. The van der Waals surface area contributed by atoms with Gasteiger partial charge in [-0.15, -0.1) is 0 Å². The summed E-state index contributed by atoms with van der Waals surface area (Å²) in [5.41, 5.74) is 0.641. The molecule has 0 spiro atoms. The molecule has 6 heteroatoms. The predicted octanol–water partition coefficient (Wildman–Crippen LogP) is 2.80. The van der Waals surface area contributed by atoms with E-state index in [4.69, 9.17) is 16.4 Å². The summed E-state index contributed by atoms with van der Waals surface area (Å²) >= 11 is 5.82. The number of rotatable bonds is 4. The molecule has 0 aromatic heterocycles. The molecular formula is C12H16ClNO3S. The molecule has 0 radical (unpaired) electrons. The van der Waals surface area contributed by atoms with Crippen molar-refractivity contribution >= 4 is 21.6 Å². The van der Waals surface area contributed by atoms with Crippen molar-refractivity contribution in [2.45, 2.75) is 43.6 Å². The van der Waals surface area contributed by atoms with Crippen molar-refractivity contribution in [2.75, 3.05) is 0 Å². The Morgan fingerprint density at radius 2 is 2.00 bits per heavy atom. The standard InChI is InChI=1S/C12H16ClNO3S/c1-9-6-7-10(13)8-12(9)18(15,16)14-17-11-4-2-3-5-11/h6-8,11,14H,2-5H2,1H3. The monoisotopic (exact) mass is 289 g/mol. The van der Waals surface area contributed by atoms with Crippen LogP contribution in [0.1, 0.15) is 31.2 Å². The van der Waals surface area contributed by atoms with Crippen LogP contribution in [-0.4, -0.2) is 14.5 Å². The fraction of sp³-hybridized carbons (Fsp3) is 0.500. The average Bonchev–Trinajstić information content (AvgIpc) is 2.83. The van der Waals surface area contributed by atoms with E-state index in [0.29, 0.717) is 10.6 Å². The minimum Gasteiger partial charge on any atom is -0.284 e. The second kappa shape index (κ2) is 5.57. The Kier molecular flexibility index (Phi) is 4.27. The fourth-order valence-corrected chi connectivity index (χ4v) is 3.41. The van der Waals surface area contributed by atoms with Crippen molar-refractivity contribution < 1.29 is 13.3 Å². The summed E-state index contributed by atoms with van der Waals surface area (Å²) in [7, 11) is -3.66. The zero-order valence-electron chi connectivity index (χ0n) is 10.1. The smallest absolute Gasteiger partial charge is 0.262 e. The topological polar surface area (TPSA) is 55.4 Å². The largest absolute Gasteiger partial charge is 0.284 e. The molecule has 1 aromatic rings. The molecule has 0 saturated heterocycles. The van der Waals surface area contributed by atoms with Crippen LogP contribution in [0.4, 0.5) is 0 Å². The predicted molar refractivity (Wildman–Crippen MR) is 69.9 cm³/mol. The third kappa shape index (κ3) is 3.23. The van der Waals surface area contributed by atoms with E-state index in [-0.39, 0.29) is 11.0 Å². The van der Waals surface area contributed by atoms with Crippen molar-refractivity contribution in [1.29, 1.82) is 0 Å². The summed E-state index contributed by atoms with van der Waals surface area (Å²) in [5.74, 6) is 0. The van der Waals surface area contributed by atoms with Crippen molar-refractivity contribution in [3.8, 4) is 0 Å². The molecule has 1 aromatic carbocycles. The highest BCUT2D eigenvalue weighted by Gasteiger charge is 2.22. The van der Waals surface area contributed by atoms with Crippen LogP contribution in [0.25, 0.3) is 0 Å². The first-order valence-electron chi connectivity index (χ1n) is 5.92. The van der Waals surface area contributed by atoms with Crippen LogP contribution in [0, 0.1) is 6.92 Å². The summed E-state index contributed by atoms with van der Waals surface area (Å²) in [5, 5.41) is 0.391. The van der Waals surface area contributed by atoms with E-state index in [9.17, 15) is 8.42 Å². The minimum absolute atomic E-state index is 0.0146. The van der Waals surface area contributed by atoms with Crippen LogP contribution in [0.15, 0.2) is 23.1 Å². The molecule has 2 rings (SSSR count). The third-order valence-electron chi connectivity index (χ3n) is 3.07. The van der Waals surface area contributed by atoms with E-state index < -0.39 is 10.0 Å². The Balaban J connectivity index is 2.12. The fourth-order valence-electron chi connectivity index (χ4n) is 2.05. The number of aryl methyl sites for hydroxylation is 1. The molecule has 0 atom stereocenters. The molecule has 0 heterocycles. The summed E-state index contributed by atoms with van der Waals surface area (Å²) in [6.07, 6.45) is 3.96. The Labute approximate surface area is 112 Å². The average molecular weight is 290 g/mol. The van der Waals surface area contributed by atoms with Gasteiger partial charge >= 0.3 is 0 Å². The SMILES string of the molecule is Cc1ccc(Cl)cc1S(=O)(=O)NOC1CCCC1. The van der Waals surface area contributed by atoms with Crippen LogP contribution in [0.5, 0.6) is 0 Å². The highest BCUT2D eigenvalue weighted by atomic mass is 35.5. The Bertz CT molecular complexity index is 524. The minimum atomic E-state index is -3.66. The lowest BCUT2D eigenvalue weighted by Gasteiger charge is -2.13. The number of nitrogens with one attached hydrogen (secondary N) is 1. The van der Waals surface area contributed by atoms with Crippen molar-refractivity contribution in [2.24, 2.45) is 0 Å². The van der Waals surface area contributed by atoms with Gasteiger partial charge in [0.25, 0.3) is 10.0 Å². The molecule has 1 aliphatic carbocycles. The van der Waals surface area contributed by atoms with Crippen LogP contribution >= 0.6 is 11.6 Å². The Hall–Kier alpha value is -0.620. The number of sulfonamides is 1. The van der Waals surface area contributed by atoms with Crippen LogP contribution < -0.4 is 4.89 Å². The van der Waals surface area contributed by atoms with Gasteiger partial charge in [-0.25, -0.2) is 8.42 Å². The number of benzene rings is 1. The Morgan fingerprint density at radius 1 is 1.33 bits per heavy atom. The van der Waals surface area contributed by atoms with E-state index in [1.807, 2.05) is 0 Å². The molecule has 18 heavy (non-hydrogen) atoms. The van der Waals surface area contributed by atoms with Gasteiger partial charge in [0.05, 0.1) is 11.0 Å². The van der Waals surface area contributed by atoms with Crippen molar-refractivity contribution in [1.82, 2.24) is 4.89 Å². The molecule has 0 amide bonds. The second-order valence-electron chi connectivity index (χ2n) is 4.52. The van der Waals surface area contributed by atoms with Crippen LogP contribution in [-0.2, 0) is 14.9 Å². The van der Waals surface area contributed by atoms with Gasteiger partial charge in [0.2, 0.25) is 0 Å². The number of halogens is 1. The molecule has 0 aliphatic heterocycles. The van der Waals surface area contributed by atoms with E-state index in [1.54, 1.807) is 19.1 Å². The van der Waals surface area contributed by atoms with Gasteiger partial charge in [0, 0.05) is 5.02 Å². The summed E-state index contributed by atoms with van der Waals surface area (Å²) in [4.78, 5) is 7.60. The molecule has 1 aliphatic rings. The van der Waals surface area contributed by atoms with E-state index in [0.717, 1.165) is 25.7 Å². The van der Waals surface area contributed by atoms with Crippen molar-refractivity contribution in [3.05, 3.63) is 28.8 Å². The number of hydrogen-bond acceptors (Lipinski definition) is 3. The second-order valence-corrected chi connectivity index (χ2v) is 6.57. The molecule has 0 bridgehead atoms. The zero-order valence-corrected chi connectivity index (χ0v) is 11.7. The molecule has 100 valence electrons. The summed E-state index contributed by atoms with van der Waals surface area (Å²) in [6.45, 7) is 1.72. The first kappa shape index (κ1) is 13.8.